The van der Waals surface area contributed by atoms with E-state index in [-0.39, 0.29) is 17.7 Å². The minimum absolute atomic E-state index is 0.230. The number of rotatable bonds is 6. The predicted octanol–water partition coefficient (Wildman–Crippen LogP) is 7.74. The highest BCUT2D eigenvalue weighted by atomic mass is 79.9. The van der Waals surface area contributed by atoms with Crippen molar-refractivity contribution in [2.24, 2.45) is 0 Å². The molecule has 0 aliphatic carbocycles. The van der Waals surface area contributed by atoms with E-state index in [1.54, 1.807) is 17.8 Å². The third-order valence-corrected chi connectivity index (χ3v) is 8.56. The van der Waals surface area contributed by atoms with Crippen LogP contribution in [0.1, 0.15) is 16.0 Å². The number of carbonyl (C=O) groups is 2. The molecule has 2 amide bonds. The van der Waals surface area contributed by atoms with Crippen LogP contribution in [0.4, 0.5) is 4.79 Å². The third-order valence-electron chi connectivity index (χ3n) is 4.26. The lowest BCUT2D eigenvalue weighted by atomic mass is 10.2. The summed E-state index contributed by atoms with van der Waals surface area (Å²) in [5.74, 6) is 0.405. The molecule has 1 fully saturated rings. The highest BCUT2D eigenvalue weighted by Crippen LogP contribution is 2.38. The maximum Gasteiger partial charge on any atom is 0.293 e. The quantitative estimate of drug-likeness (QED) is 0.224. The van der Waals surface area contributed by atoms with Crippen LogP contribution in [0.2, 0.25) is 10.2 Å². The largest absolute Gasteiger partial charge is 0.293 e. The molecule has 1 saturated heterocycles. The molecule has 1 aliphatic rings. The number of hydrogen-bond donors (Lipinski definition) is 0. The molecule has 4 nitrogen and oxygen atoms in total. The lowest BCUT2D eigenvalue weighted by Gasteiger charge is -2.12. The summed E-state index contributed by atoms with van der Waals surface area (Å²) in [7, 11) is 0. The van der Waals surface area contributed by atoms with Crippen molar-refractivity contribution < 1.29 is 9.59 Å². The Labute approximate surface area is 210 Å². The molecule has 0 saturated carbocycles. The fourth-order valence-corrected chi connectivity index (χ4v) is 6.29. The lowest BCUT2D eigenvalue weighted by molar-refractivity contribution is -0.123. The standard InChI is InChI=1S/C21H13BrCl2N2O2S3/c22-14-5-1-12(2-6-14)10-26-19(27)17(31-21(26)28)9-16-18(24)25-20(30-16)29-11-13-3-7-15(23)8-4-13/h1-9H,10-11H2. The van der Waals surface area contributed by atoms with Crippen molar-refractivity contribution >= 4 is 91.2 Å². The van der Waals surface area contributed by atoms with Gasteiger partial charge in [-0.15, -0.1) is 11.3 Å². The van der Waals surface area contributed by atoms with Crippen LogP contribution in [0, 0.1) is 0 Å². The first kappa shape index (κ1) is 22.9. The zero-order chi connectivity index (χ0) is 22.0. The SMILES string of the molecule is O=C1SC(=Cc2sc(SCc3ccc(Cl)cc3)nc2Cl)C(=O)N1Cc1ccc(Br)cc1. The Balaban J connectivity index is 1.45. The summed E-state index contributed by atoms with van der Waals surface area (Å²) in [6.45, 7) is 0.230. The van der Waals surface area contributed by atoms with E-state index in [4.69, 9.17) is 23.2 Å². The van der Waals surface area contributed by atoms with Crippen LogP contribution in [0.3, 0.4) is 0 Å². The van der Waals surface area contributed by atoms with Gasteiger partial charge in [-0.1, -0.05) is 75.2 Å². The molecular formula is C21H13BrCl2N2O2S3. The summed E-state index contributed by atoms with van der Waals surface area (Å²) in [4.78, 5) is 31.8. The number of carbonyl (C=O) groups excluding carboxylic acids is 2. The summed E-state index contributed by atoms with van der Waals surface area (Å²) in [6, 6.07) is 15.1. The molecular weight excluding hydrogens is 559 g/mol. The van der Waals surface area contributed by atoms with E-state index in [9.17, 15) is 9.59 Å². The van der Waals surface area contributed by atoms with Crippen LogP contribution in [-0.2, 0) is 17.1 Å². The maximum absolute atomic E-state index is 12.8. The van der Waals surface area contributed by atoms with Crippen molar-refractivity contribution in [2.75, 3.05) is 0 Å². The van der Waals surface area contributed by atoms with Crippen molar-refractivity contribution in [1.29, 1.82) is 0 Å². The lowest BCUT2D eigenvalue weighted by Crippen LogP contribution is -2.27. The first-order chi connectivity index (χ1) is 14.9. The summed E-state index contributed by atoms with van der Waals surface area (Å²) in [5.41, 5.74) is 2.00. The number of nitrogens with zero attached hydrogens (tertiary/aromatic N) is 2. The Bertz CT molecular complexity index is 1160. The van der Waals surface area contributed by atoms with Crippen molar-refractivity contribution in [3.05, 3.63) is 84.1 Å². The molecule has 3 aromatic rings. The fourth-order valence-electron chi connectivity index (χ4n) is 2.70. The second-order valence-corrected chi connectivity index (χ2v) is 11.4. The van der Waals surface area contributed by atoms with Gasteiger partial charge in [0.15, 0.2) is 4.34 Å². The number of benzene rings is 2. The van der Waals surface area contributed by atoms with E-state index in [2.05, 4.69) is 20.9 Å². The molecule has 0 unspecified atom stereocenters. The average molecular weight is 572 g/mol. The third kappa shape index (κ3) is 5.74. The molecule has 0 spiro atoms. The van der Waals surface area contributed by atoms with Gasteiger partial charge in [0.2, 0.25) is 0 Å². The van der Waals surface area contributed by atoms with Gasteiger partial charge >= 0.3 is 0 Å². The summed E-state index contributed by atoms with van der Waals surface area (Å²) < 4.78 is 1.73. The normalized spacial score (nSPS) is 15.3. The second-order valence-electron chi connectivity index (χ2n) is 6.44. The Hall–Kier alpha value is -1.29. The molecule has 10 heteroatoms. The number of amides is 2. The molecule has 0 N–H and O–H groups in total. The van der Waals surface area contributed by atoms with Gasteiger partial charge in [0, 0.05) is 15.2 Å². The number of imide groups is 1. The number of hydrogen-bond acceptors (Lipinski definition) is 6. The van der Waals surface area contributed by atoms with E-state index < -0.39 is 0 Å². The fraction of sp³-hybridized carbons (Fsp3) is 0.0952. The van der Waals surface area contributed by atoms with Crippen LogP contribution < -0.4 is 0 Å². The minimum atomic E-state index is -0.322. The van der Waals surface area contributed by atoms with Gasteiger partial charge in [0.05, 0.1) is 16.3 Å². The van der Waals surface area contributed by atoms with E-state index in [1.165, 1.54) is 16.2 Å². The topological polar surface area (TPSA) is 50.3 Å². The van der Waals surface area contributed by atoms with E-state index in [0.717, 1.165) is 37.5 Å². The predicted molar refractivity (Wildman–Crippen MR) is 134 cm³/mol. The molecule has 2 aromatic carbocycles. The first-order valence-corrected chi connectivity index (χ1v) is 13.1. The Morgan fingerprint density at radius 1 is 1.03 bits per heavy atom. The number of thioether (sulfide) groups is 2. The summed E-state index contributed by atoms with van der Waals surface area (Å²) in [5, 5.41) is 0.725. The average Bonchev–Trinajstić information content (AvgIpc) is 3.23. The second kappa shape index (κ2) is 10.1. The van der Waals surface area contributed by atoms with Crippen molar-refractivity contribution in [2.45, 2.75) is 16.6 Å². The Morgan fingerprint density at radius 2 is 1.71 bits per heavy atom. The van der Waals surface area contributed by atoms with Crippen molar-refractivity contribution in [1.82, 2.24) is 9.88 Å². The minimum Gasteiger partial charge on any atom is -0.268 e. The molecule has 31 heavy (non-hydrogen) atoms. The van der Waals surface area contributed by atoms with Gasteiger partial charge in [-0.25, -0.2) is 4.98 Å². The van der Waals surface area contributed by atoms with Crippen LogP contribution in [-0.4, -0.2) is 21.0 Å². The Morgan fingerprint density at radius 3 is 2.42 bits per heavy atom. The molecule has 0 atom stereocenters. The van der Waals surface area contributed by atoms with Crippen LogP contribution in [0.5, 0.6) is 0 Å². The first-order valence-electron chi connectivity index (χ1n) is 8.92. The molecule has 1 aromatic heterocycles. The maximum atomic E-state index is 12.8. The summed E-state index contributed by atoms with van der Waals surface area (Å²) in [6.07, 6.45) is 1.65. The molecule has 2 heterocycles. The summed E-state index contributed by atoms with van der Waals surface area (Å²) >= 11 is 19.5. The van der Waals surface area contributed by atoms with Crippen molar-refractivity contribution in [3.63, 3.8) is 0 Å². The molecule has 0 radical (unpaired) electrons. The van der Waals surface area contributed by atoms with E-state index in [0.29, 0.717) is 20.0 Å². The van der Waals surface area contributed by atoms with Gasteiger partial charge < -0.3 is 0 Å². The molecule has 4 rings (SSSR count). The van der Waals surface area contributed by atoms with Crippen molar-refractivity contribution in [3.8, 4) is 0 Å². The highest BCUT2D eigenvalue weighted by molar-refractivity contribution is 9.10. The number of thiazole rings is 1. The smallest absolute Gasteiger partial charge is 0.268 e. The number of aromatic nitrogens is 1. The van der Waals surface area contributed by atoms with Crippen LogP contribution in [0.25, 0.3) is 6.08 Å². The molecule has 1 aliphatic heterocycles. The van der Waals surface area contributed by atoms with E-state index in [1.807, 2.05) is 48.5 Å². The molecule has 158 valence electrons. The van der Waals surface area contributed by atoms with Gasteiger partial charge in [0.25, 0.3) is 11.1 Å². The number of halogens is 3. The monoisotopic (exact) mass is 570 g/mol. The zero-order valence-corrected chi connectivity index (χ0v) is 21.2. The highest BCUT2D eigenvalue weighted by Gasteiger charge is 2.35. The van der Waals surface area contributed by atoms with Gasteiger partial charge in [-0.3, -0.25) is 14.5 Å². The Kier molecular flexibility index (Phi) is 7.46. The van der Waals surface area contributed by atoms with Crippen LogP contribution in [0.15, 0.2) is 62.2 Å². The van der Waals surface area contributed by atoms with Gasteiger partial charge in [-0.05, 0) is 53.2 Å². The van der Waals surface area contributed by atoms with E-state index >= 15 is 0 Å². The molecule has 0 bridgehead atoms. The van der Waals surface area contributed by atoms with Gasteiger partial charge in [0.1, 0.15) is 5.15 Å². The zero-order valence-electron chi connectivity index (χ0n) is 15.7. The van der Waals surface area contributed by atoms with Crippen LogP contribution >= 0.6 is 74.0 Å². The van der Waals surface area contributed by atoms with Gasteiger partial charge in [-0.2, -0.15) is 0 Å².